The van der Waals surface area contributed by atoms with Gasteiger partial charge in [-0.25, -0.2) is 13.8 Å². The van der Waals surface area contributed by atoms with Crippen molar-refractivity contribution >= 4 is 45.3 Å². The third kappa shape index (κ3) is 9.04. The van der Waals surface area contributed by atoms with Crippen molar-refractivity contribution in [1.82, 2.24) is 10.7 Å². The Bertz CT molecular complexity index is 1470. The Morgan fingerprint density at radius 1 is 1.10 bits per heavy atom. The van der Waals surface area contributed by atoms with Crippen molar-refractivity contribution in [1.29, 1.82) is 0 Å². The summed E-state index contributed by atoms with van der Waals surface area (Å²) in [6.45, 7) is 1.18. The van der Waals surface area contributed by atoms with Crippen LogP contribution in [0.1, 0.15) is 34.3 Å². The van der Waals surface area contributed by atoms with Gasteiger partial charge in [0.2, 0.25) is 10.0 Å². The monoisotopic (exact) mass is 598 g/mol. The number of amides is 2. The summed E-state index contributed by atoms with van der Waals surface area (Å²) in [5.41, 5.74) is 4.52. The number of carbonyl (C=O) groups is 2. The fourth-order valence-corrected chi connectivity index (χ4v) is 5.15. The van der Waals surface area contributed by atoms with Gasteiger partial charge in [0.25, 0.3) is 11.8 Å². The molecule has 3 aromatic rings. The lowest BCUT2D eigenvalue weighted by molar-refractivity contribution is -0.123. The maximum atomic E-state index is 12.5. The molecule has 0 bridgehead atoms. The number of anilines is 1. The molecule has 0 aromatic heterocycles. The molecule has 1 aliphatic heterocycles. The Morgan fingerprint density at radius 3 is 2.49 bits per heavy atom. The fourth-order valence-electron chi connectivity index (χ4n) is 4.07. The van der Waals surface area contributed by atoms with E-state index in [1.54, 1.807) is 60.7 Å². The quantitative estimate of drug-likeness (QED) is 0.242. The van der Waals surface area contributed by atoms with Crippen LogP contribution in [0.4, 0.5) is 5.69 Å². The van der Waals surface area contributed by atoms with Crippen molar-refractivity contribution in [2.45, 2.75) is 25.5 Å². The molecule has 12 heteroatoms. The molecule has 0 radical (unpaired) electrons. The summed E-state index contributed by atoms with van der Waals surface area (Å²) in [7, 11) is -3.61. The Balaban J connectivity index is 1.27. The number of nitrogens with one attached hydrogen (secondary N) is 2. The molecule has 1 heterocycles. The van der Waals surface area contributed by atoms with Gasteiger partial charge in [-0.3, -0.25) is 13.9 Å². The number of hydrogen-bond donors (Lipinski definition) is 2. The van der Waals surface area contributed by atoms with Gasteiger partial charge in [-0.2, -0.15) is 5.10 Å². The second kappa shape index (κ2) is 14.1. The van der Waals surface area contributed by atoms with Gasteiger partial charge in [0.1, 0.15) is 5.75 Å². The second-order valence-electron chi connectivity index (χ2n) is 9.40. The number of rotatable bonds is 12. The molecule has 2 N–H and O–H groups in total. The number of halogens is 1. The Hall–Kier alpha value is -3.93. The molecule has 216 valence electrons. The average molecular weight is 599 g/mol. The molecule has 4 rings (SSSR count). The van der Waals surface area contributed by atoms with E-state index in [1.165, 1.54) is 22.7 Å². The normalized spacial score (nSPS) is 15.0. The summed E-state index contributed by atoms with van der Waals surface area (Å²) in [6, 6.07) is 20.0. The Labute approximate surface area is 244 Å². The van der Waals surface area contributed by atoms with Gasteiger partial charge in [-0.15, -0.1) is 0 Å². The van der Waals surface area contributed by atoms with Crippen LogP contribution in [-0.4, -0.2) is 58.6 Å². The average Bonchev–Trinajstić information content (AvgIpc) is 3.48. The molecule has 0 saturated carbocycles. The van der Waals surface area contributed by atoms with Gasteiger partial charge < -0.3 is 14.8 Å². The van der Waals surface area contributed by atoms with Crippen molar-refractivity contribution in [2.24, 2.45) is 5.10 Å². The predicted octanol–water partition coefficient (Wildman–Crippen LogP) is 3.74. The molecule has 1 aliphatic rings. The van der Waals surface area contributed by atoms with E-state index in [2.05, 4.69) is 15.8 Å². The summed E-state index contributed by atoms with van der Waals surface area (Å²) in [4.78, 5) is 24.5. The molecule has 0 aliphatic carbocycles. The maximum Gasteiger partial charge on any atom is 0.271 e. The number of nitrogens with zero attached hydrogens (tertiary/aromatic N) is 2. The zero-order valence-corrected chi connectivity index (χ0v) is 24.0. The molecule has 1 fully saturated rings. The predicted molar refractivity (Wildman–Crippen MR) is 158 cm³/mol. The number of benzene rings is 3. The van der Waals surface area contributed by atoms with E-state index >= 15 is 0 Å². The van der Waals surface area contributed by atoms with Gasteiger partial charge in [0.05, 0.1) is 30.8 Å². The van der Waals surface area contributed by atoms with Crippen molar-refractivity contribution < 1.29 is 27.5 Å². The number of hydrazone groups is 1. The smallest absolute Gasteiger partial charge is 0.271 e. The molecule has 1 atom stereocenters. The largest absolute Gasteiger partial charge is 0.484 e. The molecule has 10 nitrogen and oxygen atoms in total. The lowest BCUT2D eigenvalue weighted by Crippen LogP contribution is -2.35. The van der Waals surface area contributed by atoms with Crippen LogP contribution in [0.3, 0.4) is 0 Å². The van der Waals surface area contributed by atoms with Crippen LogP contribution >= 0.6 is 11.6 Å². The third-order valence-electron chi connectivity index (χ3n) is 6.27. The summed E-state index contributed by atoms with van der Waals surface area (Å²) >= 11 is 6.22. The van der Waals surface area contributed by atoms with Crippen LogP contribution < -0.4 is 19.8 Å². The van der Waals surface area contributed by atoms with E-state index in [0.717, 1.165) is 25.7 Å². The minimum absolute atomic E-state index is 0.0568. The summed E-state index contributed by atoms with van der Waals surface area (Å²) in [5, 5.41) is 7.25. The first kappa shape index (κ1) is 30.0. The molecule has 1 saturated heterocycles. The topological polar surface area (TPSA) is 126 Å². The minimum atomic E-state index is -3.61. The van der Waals surface area contributed by atoms with Gasteiger partial charge in [-0.05, 0) is 78.6 Å². The first-order chi connectivity index (χ1) is 19.7. The van der Waals surface area contributed by atoms with E-state index in [1.807, 2.05) is 0 Å². The fraction of sp³-hybridized carbons (Fsp3) is 0.276. The Morgan fingerprint density at radius 2 is 1.83 bits per heavy atom. The van der Waals surface area contributed by atoms with Gasteiger partial charge in [0.15, 0.2) is 6.61 Å². The highest BCUT2D eigenvalue weighted by atomic mass is 35.5. The van der Waals surface area contributed by atoms with Gasteiger partial charge >= 0.3 is 0 Å². The number of carbonyl (C=O) groups excluding carboxylic acids is 2. The highest BCUT2D eigenvalue weighted by Crippen LogP contribution is 2.24. The number of hydrogen-bond acceptors (Lipinski definition) is 7. The zero-order valence-electron chi connectivity index (χ0n) is 22.5. The molecule has 2 amide bonds. The van der Waals surface area contributed by atoms with Gasteiger partial charge in [-0.1, -0.05) is 29.8 Å². The second-order valence-corrected chi connectivity index (χ2v) is 11.7. The lowest BCUT2D eigenvalue weighted by Gasteiger charge is -2.23. The lowest BCUT2D eigenvalue weighted by atomic mass is 10.2. The first-order valence-electron chi connectivity index (χ1n) is 12.9. The van der Waals surface area contributed by atoms with Gasteiger partial charge in [0, 0.05) is 23.7 Å². The minimum Gasteiger partial charge on any atom is -0.484 e. The van der Waals surface area contributed by atoms with E-state index in [0.29, 0.717) is 39.7 Å². The van der Waals surface area contributed by atoms with Crippen molar-refractivity contribution in [3.05, 3.63) is 94.5 Å². The standard InChI is InChI=1S/C29H31ClN4O6S/c1-41(37,38)34(19-23-5-2-3-7-27(23)30)24-12-10-22(11-13-24)29(36)33-32-17-21-8-14-25(15-9-21)40-20-28(35)31-18-26-6-4-16-39-26/h2-3,5,7-15,17,26H,4,6,16,18-20H2,1H3,(H,31,35)(H,33,36)/t26-/m1/s1. The molecular formula is C29H31ClN4O6S. The molecule has 3 aromatic carbocycles. The van der Waals surface area contributed by atoms with Crippen LogP contribution in [0, 0.1) is 0 Å². The van der Waals surface area contributed by atoms with E-state index in [-0.39, 0.29) is 25.2 Å². The van der Waals surface area contributed by atoms with E-state index < -0.39 is 15.9 Å². The highest BCUT2D eigenvalue weighted by molar-refractivity contribution is 7.92. The maximum absolute atomic E-state index is 12.5. The SMILES string of the molecule is CS(=O)(=O)N(Cc1ccccc1Cl)c1ccc(C(=O)NN=Cc2ccc(OCC(=O)NC[C@H]3CCCO3)cc2)cc1. The van der Waals surface area contributed by atoms with Crippen molar-refractivity contribution in [3.8, 4) is 5.75 Å². The summed E-state index contributed by atoms with van der Waals surface area (Å²) in [5.74, 6) is -0.151. The number of sulfonamides is 1. The van der Waals surface area contributed by atoms with Crippen LogP contribution in [0.15, 0.2) is 77.9 Å². The third-order valence-corrected chi connectivity index (χ3v) is 7.78. The van der Waals surface area contributed by atoms with E-state index in [4.69, 9.17) is 21.1 Å². The van der Waals surface area contributed by atoms with Crippen LogP contribution in [-0.2, 0) is 26.1 Å². The summed E-state index contributed by atoms with van der Waals surface area (Å²) < 4.78 is 37.1. The zero-order chi connectivity index (χ0) is 29.2. The Kier molecular flexibility index (Phi) is 10.3. The highest BCUT2D eigenvalue weighted by Gasteiger charge is 2.20. The van der Waals surface area contributed by atoms with E-state index in [9.17, 15) is 18.0 Å². The first-order valence-corrected chi connectivity index (χ1v) is 15.2. The summed E-state index contributed by atoms with van der Waals surface area (Å²) in [6.07, 6.45) is 4.63. The number of ether oxygens (including phenoxy) is 2. The molecule has 0 unspecified atom stereocenters. The molecule has 0 spiro atoms. The van der Waals surface area contributed by atoms with Crippen LogP contribution in [0.2, 0.25) is 5.02 Å². The van der Waals surface area contributed by atoms with Crippen molar-refractivity contribution in [2.75, 3.05) is 30.3 Å². The molecule has 41 heavy (non-hydrogen) atoms. The van der Waals surface area contributed by atoms with Crippen LogP contribution in [0.5, 0.6) is 5.75 Å². The van der Waals surface area contributed by atoms with Crippen LogP contribution in [0.25, 0.3) is 0 Å². The molecular weight excluding hydrogens is 568 g/mol. The van der Waals surface area contributed by atoms with Crippen molar-refractivity contribution in [3.63, 3.8) is 0 Å².